The molecule has 1 heteroatoms. The molecule has 4 rings (SSSR count). The summed E-state index contributed by atoms with van der Waals surface area (Å²) < 4.78 is 0. The normalized spacial score (nSPS) is 15.5. The van der Waals surface area contributed by atoms with Crippen LogP contribution in [0.1, 0.15) is 54.4 Å². The van der Waals surface area contributed by atoms with E-state index in [4.69, 9.17) is 5.26 Å². The van der Waals surface area contributed by atoms with Gasteiger partial charge in [-0.1, -0.05) is 73.4 Å². The number of hydrogen-bond donors (Lipinski definition) is 0. The molecule has 0 spiro atoms. The molecule has 3 aromatic rings. The van der Waals surface area contributed by atoms with E-state index >= 15 is 0 Å². The van der Waals surface area contributed by atoms with Gasteiger partial charge in [0, 0.05) is 5.56 Å². The molecule has 0 fully saturated rings. The fourth-order valence-electron chi connectivity index (χ4n) is 3.91. The molecule has 1 atom stereocenters. The van der Waals surface area contributed by atoms with E-state index in [-0.39, 0.29) is 0 Å². The van der Waals surface area contributed by atoms with Crippen molar-refractivity contribution in [3.05, 3.63) is 107 Å². The van der Waals surface area contributed by atoms with Crippen LogP contribution in [0.2, 0.25) is 0 Å². The van der Waals surface area contributed by atoms with Crippen LogP contribution in [0, 0.1) is 23.2 Å². The minimum absolute atomic E-state index is 0.619. The molecular formula is C29H25N. The molecule has 1 nitrogen and oxygen atoms in total. The van der Waals surface area contributed by atoms with Gasteiger partial charge in [-0.2, -0.15) is 5.26 Å². The Morgan fingerprint density at radius 3 is 1.97 bits per heavy atom. The number of aryl methyl sites for hydroxylation is 1. The van der Waals surface area contributed by atoms with Crippen molar-refractivity contribution in [1.29, 1.82) is 5.26 Å². The Hall–Kier alpha value is -3.55. The van der Waals surface area contributed by atoms with Gasteiger partial charge in [0.05, 0.1) is 11.6 Å². The summed E-state index contributed by atoms with van der Waals surface area (Å²) in [4.78, 5) is 0. The van der Waals surface area contributed by atoms with Crippen molar-refractivity contribution in [2.45, 2.75) is 38.5 Å². The van der Waals surface area contributed by atoms with Crippen LogP contribution in [0.25, 0.3) is 11.1 Å². The standard InChI is InChI=1S/C29H25N/c1-2-22-5-13-26(14-6-22)27-15-7-23(8-16-27)3-4-24-9-17-28(18-10-24)29-19-11-25(21-30)12-20-29/h5-7,9-14,17-20,27H,2,8,15-16H2,1H3. The summed E-state index contributed by atoms with van der Waals surface area (Å²) in [6.45, 7) is 2.20. The highest BCUT2D eigenvalue weighted by molar-refractivity contribution is 5.65. The van der Waals surface area contributed by atoms with Crippen molar-refractivity contribution in [3.8, 4) is 29.0 Å². The predicted molar refractivity (Wildman–Crippen MR) is 124 cm³/mol. The Morgan fingerprint density at radius 1 is 0.800 bits per heavy atom. The number of nitriles is 1. The van der Waals surface area contributed by atoms with Gasteiger partial charge in [0.1, 0.15) is 0 Å². The number of nitrogens with zero attached hydrogens (tertiary/aromatic N) is 1. The monoisotopic (exact) mass is 387 g/mol. The van der Waals surface area contributed by atoms with E-state index in [2.05, 4.69) is 79.4 Å². The van der Waals surface area contributed by atoms with Gasteiger partial charge in [-0.25, -0.2) is 0 Å². The lowest BCUT2D eigenvalue weighted by molar-refractivity contribution is 0.607. The van der Waals surface area contributed by atoms with E-state index < -0.39 is 0 Å². The summed E-state index contributed by atoms with van der Waals surface area (Å²) in [5.74, 6) is 7.32. The van der Waals surface area contributed by atoms with Crippen molar-refractivity contribution in [2.24, 2.45) is 0 Å². The molecular weight excluding hydrogens is 362 g/mol. The second kappa shape index (κ2) is 9.30. The predicted octanol–water partition coefficient (Wildman–Crippen LogP) is 7.03. The highest BCUT2D eigenvalue weighted by Crippen LogP contribution is 2.32. The van der Waals surface area contributed by atoms with Gasteiger partial charge < -0.3 is 0 Å². The molecule has 0 saturated carbocycles. The van der Waals surface area contributed by atoms with Gasteiger partial charge in [-0.15, -0.1) is 0 Å². The van der Waals surface area contributed by atoms with Gasteiger partial charge >= 0.3 is 0 Å². The Kier molecular flexibility index (Phi) is 6.12. The number of benzene rings is 3. The second-order valence-corrected chi connectivity index (χ2v) is 7.81. The van der Waals surface area contributed by atoms with Crippen LogP contribution in [-0.2, 0) is 6.42 Å². The minimum atomic E-state index is 0.619. The van der Waals surface area contributed by atoms with Crippen LogP contribution in [0.3, 0.4) is 0 Å². The zero-order valence-corrected chi connectivity index (χ0v) is 17.4. The van der Waals surface area contributed by atoms with Crippen molar-refractivity contribution < 1.29 is 0 Å². The summed E-state index contributed by atoms with van der Waals surface area (Å²) in [6, 6.07) is 27.3. The zero-order chi connectivity index (χ0) is 20.8. The van der Waals surface area contributed by atoms with Crippen LogP contribution in [0.4, 0.5) is 0 Å². The molecule has 0 saturated heterocycles. The topological polar surface area (TPSA) is 23.8 Å². The van der Waals surface area contributed by atoms with Crippen LogP contribution < -0.4 is 0 Å². The molecule has 0 amide bonds. The lowest BCUT2D eigenvalue weighted by atomic mass is 9.84. The molecule has 0 aliphatic heterocycles. The molecule has 0 heterocycles. The largest absolute Gasteiger partial charge is 0.192 e. The Bertz CT molecular complexity index is 1130. The Morgan fingerprint density at radius 2 is 1.43 bits per heavy atom. The number of allylic oxidation sites excluding steroid dienone is 2. The maximum atomic E-state index is 8.92. The molecule has 1 aliphatic rings. The fourth-order valence-corrected chi connectivity index (χ4v) is 3.91. The molecule has 1 aliphatic carbocycles. The first-order valence-corrected chi connectivity index (χ1v) is 10.7. The van der Waals surface area contributed by atoms with E-state index in [1.54, 1.807) is 0 Å². The highest BCUT2D eigenvalue weighted by atomic mass is 14.2. The zero-order valence-electron chi connectivity index (χ0n) is 17.4. The lowest BCUT2D eigenvalue weighted by Gasteiger charge is -2.20. The van der Waals surface area contributed by atoms with Crippen molar-refractivity contribution in [3.63, 3.8) is 0 Å². The van der Waals surface area contributed by atoms with Gasteiger partial charge in [-0.3, -0.25) is 0 Å². The Labute approximate surface area is 179 Å². The summed E-state index contributed by atoms with van der Waals surface area (Å²) in [5, 5.41) is 8.92. The molecule has 1 unspecified atom stereocenters. The third-order valence-corrected chi connectivity index (χ3v) is 5.87. The minimum Gasteiger partial charge on any atom is -0.192 e. The quantitative estimate of drug-likeness (QED) is 0.442. The average molecular weight is 388 g/mol. The van der Waals surface area contributed by atoms with E-state index in [1.165, 1.54) is 23.1 Å². The maximum Gasteiger partial charge on any atom is 0.0991 e. The van der Waals surface area contributed by atoms with E-state index in [9.17, 15) is 0 Å². The summed E-state index contributed by atoms with van der Waals surface area (Å²) in [5.41, 5.74) is 8.08. The maximum absolute atomic E-state index is 8.92. The van der Waals surface area contributed by atoms with E-state index in [1.807, 2.05) is 24.3 Å². The molecule has 0 N–H and O–H groups in total. The van der Waals surface area contributed by atoms with Crippen molar-refractivity contribution >= 4 is 0 Å². The first-order valence-electron chi connectivity index (χ1n) is 10.7. The Balaban J connectivity index is 1.40. The first-order chi connectivity index (χ1) is 14.7. The molecule has 146 valence electrons. The fraction of sp³-hybridized carbons (Fsp3) is 0.207. The second-order valence-electron chi connectivity index (χ2n) is 7.81. The van der Waals surface area contributed by atoms with Crippen LogP contribution in [-0.4, -0.2) is 0 Å². The summed E-state index contributed by atoms with van der Waals surface area (Å²) >= 11 is 0. The first kappa shape index (κ1) is 19.8. The van der Waals surface area contributed by atoms with Crippen molar-refractivity contribution in [2.75, 3.05) is 0 Å². The van der Waals surface area contributed by atoms with Crippen molar-refractivity contribution in [1.82, 2.24) is 0 Å². The van der Waals surface area contributed by atoms with Gasteiger partial charge in [0.2, 0.25) is 0 Å². The third kappa shape index (κ3) is 4.71. The lowest BCUT2D eigenvalue weighted by Crippen LogP contribution is -2.03. The summed E-state index contributed by atoms with van der Waals surface area (Å²) in [7, 11) is 0. The smallest absolute Gasteiger partial charge is 0.0991 e. The van der Waals surface area contributed by atoms with Crippen LogP contribution in [0.15, 0.2) is 84.4 Å². The highest BCUT2D eigenvalue weighted by Gasteiger charge is 2.15. The average Bonchev–Trinajstić information content (AvgIpc) is 2.83. The third-order valence-electron chi connectivity index (χ3n) is 5.87. The van der Waals surface area contributed by atoms with Gasteiger partial charge in [0.15, 0.2) is 0 Å². The van der Waals surface area contributed by atoms with Gasteiger partial charge in [0.25, 0.3) is 0 Å². The molecule has 0 radical (unpaired) electrons. The summed E-state index contributed by atoms with van der Waals surface area (Å²) in [6.07, 6.45) is 6.71. The van der Waals surface area contributed by atoms with Crippen LogP contribution >= 0.6 is 0 Å². The molecule has 3 aromatic carbocycles. The van der Waals surface area contributed by atoms with E-state index in [0.717, 1.165) is 36.0 Å². The molecule has 0 bridgehead atoms. The number of rotatable bonds is 3. The van der Waals surface area contributed by atoms with Crippen LogP contribution in [0.5, 0.6) is 0 Å². The van der Waals surface area contributed by atoms with Gasteiger partial charge in [-0.05, 0) is 83.7 Å². The molecule has 30 heavy (non-hydrogen) atoms. The SMILES string of the molecule is CCc1ccc(C2CC=C(C#Cc3ccc(-c4ccc(C#N)cc4)cc3)CC2)cc1. The molecule has 0 aromatic heterocycles. The van der Waals surface area contributed by atoms with E-state index in [0.29, 0.717) is 11.5 Å². The number of hydrogen-bond acceptors (Lipinski definition) is 1.